The highest BCUT2D eigenvalue weighted by atomic mass is 19.1. The van der Waals surface area contributed by atoms with Gasteiger partial charge < -0.3 is 15.7 Å². The minimum atomic E-state index is -0.262. The molecule has 22 heavy (non-hydrogen) atoms. The van der Waals surface area contributed by atoms with Gasteiger partial charge in [0.05, 0.1) is 0 Å². The summed E-state index contributed by atoms with van der Waals surface area (Å²) in [6.45, 7) is 7.85. The lowest BCUT2D eigenvalue weighted by atomic mass is 9.96. The number of nitrogens with one attached hydrogen (secondary N) is 2. The quantitative estimate of drug-likeness (QED) is 0.725. The summed E-state index contributed by atoms with van der Waals surface area (Å²) < 4.78 is 12.9. The van der Waals surface area contributed by atoms with Crippen molar-refractivity contribution in [2.75, 3.05) is 6.61 Å². The van der Waals surface area contributed by atoms with Crippen LogP contribution in [0, 0.1) is 17.7 Å². The number of carbonyl (C=O) groups is 1. The lowest BCUT2D eigenvalue weighted by Gasteiger charge is -2.25. The minimum absolute atomic E-state index is 0.000323. The summed E-state index contributed by atoms with van der Waals surface area (Å²) in [5.41, 5.74) is 0.983. The molecule has 0 radical (unpaired) electrons. The summed E-state index contributed by atoms with van der Waals surface area (Å²) in [5.74, 6) is -0.0101. The fourth-order valence-corrected chi connectivity index (χ4v) is 2.05. The molecule has 0 fully saturated rings. The molecular formula is C17H27FN2O2. The van der Waals surface area contributed by atoms with E-state index in [0.717, 1.165) is 5.56 Å². The van der Waals surface area contributed by atoms with Crippen molar-refractivity contribution in [1.29, 1.82) is 0 Å². The Kier molecular flexibility index (Phi) is 7.32. The molecule has 0 aliphatic carbocycles. The van der Waals surface area contributed by atoms with Gasteiger partial charge in [-0.1, -0.05) is 32.9 Å². The summed E-state index contributed by atoms with van der Waals surface area (Å²) in [4.78, 5) is 12.1. The van der Waals surface area contributed by atoms with Gasteiger partial charge in [-0.25, -0.2) is 9.18 Å². The third kappa shape index (κ3) is 6.02. The van der Waals surface area contributed by atoms with Crippen molar-refractivity contribution in [3.05, 3.63) is 35.6 Å². The number of aliphatic hydroxyl groups excluding tert-OH is 1. The lowest BCUT2D eigenvalue weighted by molar-refractivity contribution is 0.197. The van der Waals surface area contributed by atoms with Gasteiger partial charge in [-0.15, -0.1) is 0 Å². The van der Waals surface area contributed by atoms with Crippen LogP contribution in [0.5, 0.6) is 0 Å². The topological polar surface area (TPSA) is 61.4 Å². The van der Waals surface area contributed by atoms with Crippen molar-refractivity contribution in [1.82, 2.24) is 10.6 Å². The van der Waals surface area contributed by atoms with E-state index >= 15 is 0 Å². The van der Waals surface area contributed by atoms with Crippen molar-refractivity contribution < 1.29 is 14.3 Å². The number of amides is 2. The first kappa shape index (κ1) is 18.4. The van der Waals surface area contributed by atoms with Crippen molar-refractivity contribution >= 4 is 6.03 Å². The van der Waals surface area contributed by atoms with Crippen LogP contribution in [0.15, 0.2) is 24.3 Å². The van der Waals surface area contributed by atoms with Crippen LogP contribution >= 0.6 is 0 Å². The number of urea groups is 1. The van der Waals surface area contributed by atoms with E-state index < -0.39 is 0 Å². The molecule has 0 aliphatic rings. The van der Waals surface area contributed by atoms with Gasteiger partial charge in [0, 0.05) is 18.7 Å². The molecule has 3 atom stereocenters. The molecule has 3 N–H and O–H groups in total. The first-order valence-corrected chi connectivity index (χ1v) is 7.75. The molecule has 0 saturated carbocycles. The summed E-state index contributed by atoms with van der Waals surface area (Å²) in [6.07, 6.45) is 0.648. The predicted molar refractivity (Wildman–Crippen MR) is 86.1 cm³/mol. The molecule has 124 valence electrons. The molecule has 0 saturated heterocycles. The van der Waals surface area contributed by atoms with Gasteiger partial charge in [0.15, 0.2) is 0 Å². The zero-order valence-electron chi connectivity index (χ0n) is 13.8. The Morgan fingerprint density at radius 2 is 1.73 bits per heavy atom. The van der Waals surface area contributed by atoms with Gasteiger partial charge in [0.2, 0.25) is 0 Å². The number of aliphatic hydroxyl groups is 1. The summed E-state index contributed by atoms with van der Waals surface area (Å²) in [6, 6.07) is 5.94. The van der Waals surface area contributed by atoms with Gasteiger partial charge in [-0.2, -0.15) is 0 Å². The van der Waals surface area contributed by atoms with Crippen LogP contribution in [0.4, 0.5) is 9.18 Å². The van der Waals surface area contributed by atoms with Gasteiger partial charge >= 0.3 is 6.03 Å². The van der Waals surface area contributed by atoms with Crippen molar-refractivity contribution in [2.45, 2.75) is 46.2 Å². The van der Waals surface area contributed by atoms with Crippen LogP contribution in [0.1, 0.15) is 33.3 Å². The van der Waals surface area contributed by atoms with Gasteiger partial charge in [0.25, 0.3) is 0 Å². The number of halogens is 1. The second-order valence-electron chi connectivity index (χ2n) is 6.25. The largest absolute Gasteiger partial charge is 0.396 e. The number of carbonyl (C=O) groups excluding carboxylic acids is 1. The number of rotatable bonds is 7. The molecule has 0 bridgehead atoms. The molecule has 5 heteroatoms. The first-order valence-electron chi connectivity index (χ1n) is 7.75. The van der Waals surface area contributed by atoms with Crippen LogP contribution in [-0.4, -0.2) is 29.8 Å². The Hall–Kier alpha value is -1.62. The van der Waals surface area contributed by atoms with Crippen molar-refractivity contribution in [3.8, 4) is 0 Å². The molecule has 2 amide bonds. The van der Waals surface area contributed by atoms with E-state index in [2.05, 4.69) is 10.6 Å². The molecule has 1 aromatic rings. The predicted octanol–water partition coefficient (Wildman–Crippen LogP) is 2.71. The van der Waals surface area contributed by atoms with Crippen LogP contribution < -0.4 is 10.6 Å². The maximum absolute atomic E-state index is 12.9. The number of hydrogen-bond acceptors (Lipinski definition) is 2. The van der Waals surface area contributed by atoms with Crippen LogP contribution in [0.2, 0.25) is 0 Å². The van der Waals surface area contributed by atoms with E-state index in [1.165, 1.54) is 12.1 Å². The van der Waals surface area contributed by atoms with Crippen molar-refractivity contribution in [3.63, 3.8) is 0 Å². The van der Waals surface area contributed by atoms with E-state index in [4.69, 9.17) is 5.11 Å². The Morgan fingerprint density at radius 1 is 1.14 bits per heavy atom. The molecule has 0 aliphatic heterocycles. The fourth-order valence-electron chi connectivity index (χ4n) is 2.05. The van der Waals surface area contributed by atoms with E-state index in [1.807, 2.05) is 27.7 Å². The average molecular weight is 310 g/mol. The second kappa shape index (κ2) is 8.73. The molecular weight excluding hydrogens is 283 g/mol. The average Bonchev–Trinajstić information content (AvgIpc) is 2.47. The van der Waals surface area contributed by atoms with E-state index in [9.17, 15) is 9.18 Å². The standard InChI is InChI=1S/C17H27FN2O2/c1-11(2)16(9-14-5-7-15(18)8-6-14)20-17(22)19-13(4)12(3)10-21/h5-8,11-13,16,21H,9-10H2,1-4H3,(H2,19,20,22). The van der Waals surface area contributed by atoms with Gasteiger partial charge in [-0.3, -0.25) is 0 Å². The van der Waals surface area contributed by atoms with Gasteiger partial charge in [-0.05, 0) is 42.9 Å². The molecule has 0 aromatic heterocycles. The van der Waals surface area contributed by atoms with Crippen molar-refractivity contribution in [2.24, 2.45) is 11.8 Å². The maximum atomic E-state index is 12.9. The lowest BCUT2D eigenvalue weighted by Crippen LogP contribution is -2.49. The van der Waals surface area contributed by atoms with E-state index in [-0.39, 0.29) is 42.4 Å². The molecule has 0 heterocycles. The maximum Gasteiger partial charge on any atom is 0.315 e. The number of benzene rings is 1. The smallest absolute Gasteiger partial charge is 0.315 e. The first-order chi connectivity index (χ1) is 10.3. The molecule has 1 aromatic carbocycles. The highest BCUT2D eigenvalue weighted by molar-refractivity contribution is 5.74. The third-order valence-electron chi connectivity index (χ3n) is 3.99. The Balaban J connectivity index is 2.60. The Labute approximate surface area is 132 Å². The highest BCUT2D eigenvalue weighted by Gasteiger charge is 2.19. The van der Waals surface area contributed by atoms with Crippen LogP contribution in [-0.2, 0) is 6.42 Å². The summed E-state index contributed by atoms with van der Waals surface area (Å²) in [5, 5.41) is 14.9. The molecule has 1 rings (SSSR count). The molecule has 0 spiro atoms. The summed E-state index contributed by atoms with van der Waals surface area (Å²) in [7, 11) is 0. The fraction of sp³-hybridized carbons (Fsp3) is 0.588. The van der Waals surface area contributed by atoms with Gasteiger partial charge in [0.1, 0.15) is 5.82 Å². The Bertz CT molecular complexity index is 462. The molecule has 3 unspecified atom stereocenters. The SMILES string of the molecule is CC(C)C(Cc1ccc(F)cc1)NC(=O)NC(C)C(C)CO. The van der Waals surface area contributed by atoms with Crippen LogP contribution in [0.25, 0.3) is 0 Å². The zero-order chi connectivity index (χ0) is 16.7. The molecule has 4 nitrogen and oxygen atoms in total. The van der Waals surface area contributed by atoms with E-state index in [0.29, 0.717) is 6.42 Å². The zero-order valence-corrected chi connectivity index (χ0v) is 13.8. The number of hydrogen-bond donors (Lipinski definition) is 3. The third-order valence-corrected chi connectivity index (χ3v) is 3.99. The normalized spacial score (nSPS) is 15.2. The minimum Gasteiger partial charge on any atom is -0.396 e. The summed E-state index contributed by atoms with van der Waals surface area (Å²) >= 11 is 0. The van der Waals surface area contributed by atoms with Crippen LogP contribution in [0.3, 0.4) is 0 Å². The Morgan fingerprint density at radius 3 is 2.23 bits per heavy atom. The van der Waals surface area contributed by atoms with E-state index in [1.54, 1.807) is 12.1 Å². The second-order valence-corrected chi connectivity index (χ2v) is 6.25. The monoisotopic (exact) mass is 310 g/mol. The highest BCUT2D eigenvalue weighted by Crippen LogP contribution is 2.11.